The van der Waals surface area contributed by atoms with Gasteiger partial charge in [-0.05, 0) is 0 Å². The molecule has 0 amide bonds. The van der Waals surface area contributed by atoms with Gasteiger partial charge in [0.25, 0.3) is 0 Å². The Hall–Kier alpha value is -1.36. The van der Waals surface area contributed by atoms with Crippen LogP contribution in [-0.4, -0.2) is 34.3 Å². The van der Waals surface area contributed by atoms with Gasteiger partial charge in [-0.15, -0.1) is 0 Å². The SMILES string of the molecule is Nc1cnc(N2CC(O)C2)cn1. The molecule has 64 valence electrons. The van der Waals surface area contributed by atoms with Gasteiger partial charge in [0, 0.05) is 13.1 Å². The standard InChI is InChI=1S/C7H10N4O/c8-6-1-10-7(2-9-6)11-3-5(12)4-11/h1-2,5,12H,3-4H2,(H2,8,9). The summed E-state index contributed by atoms with van der Waals surface area (Å²) < 4.78 is 0. The first-order valence-electron chi connectivity index (χ1n) is 3.76. The highest BCUT2D eigenvalue weighted by molar-refractivity contribution is 5.42. The van der Waals surface area contributed by atoms with Crippen molar-refractivity contribution in [3.05, 3.63) is 12.4 Å². The topological polar surface area (TPSA) is 75.3 Å². The fourth-order valence-electron chi connectivity index (χ4n) is 1.14. The summed E-state index contributed by atoms with van der Waals surface area (Å²) in [6.45, 7) is 1.27. The average molecular weight is 166 g/mol. The molecular weight excluding hydrogens is 156 g/mol. The third kappa shape index (κ3) is 1.18. The molecule has 0 aliphatic carbocycles. The van der Waals surface area contributed by atoms with Crippen molar-refractivity contribution in [2.75, 3.05) is 23.7 Å². The number of hydrogen-bond donors (Lipinski definition) is 2. The van der Waals surface area contributed by atoms with Crippen molar-refractivity contribution >= 4 is 11.6 Å². The Morgan fingerprint density at radius 2 is 2.17 bits per heavy atom. The number of nitrogens with zero attached hydrogens (tertiary/aromatic N) is 3. The minimum atomic E-state index is -0.218. The molecule has 0 unspecified atom stereocenters. The van der Waals surface area contributed by atoms with Crippen LogP contribution in [0.3, 0.4) is 0 Å². The molecular formula is C7H10N4O. The normalized spacial score (nSPS) is 17.6. The zero-order valence-electron chi connectivity index (χ0n) is 6.51. The molecule has 0 bridgehead atoms. The van der Waals surface area contributed by atoms with Crippen molar-refractivity contribution < 1.29 is 5.11 Å². The van der Waals surface area contributed by atoms with Gasteiger partial charge >= 0.3 is 0 Å². The van der Waals surface area contributed by atoms with E-state index in [1.807, 2.05) is 4.90 Å². The van der Waals surface area contributed by atoms with Crippen molar-refractivity contribution in [3.63, 3.8) is 0 Å². The van der Waals surface area contributed by atoms with E-state index < -0.39 is 0 Å². The number of aliphatic hydroxyl groups is 1. The summed E-state index contributed by atoms with van der Waals surface area (Å²) in [5.41, 5.74) is 5.37. The molecule has 12 heavy (non-hydrogen) atoms. The lowest BCUT2D eigenvalue weighted by Gasteiger charge is -2.36. The van der Waals surface area contributed by atoms with Crippen LogP contribution in [0.15, 0.2) is 12.4 Å². The van der Waals surface area contributed by atoms with Gasteiger partial charge in [-0.25, -0.2) is 9.97 Å². The lowest BCUT2D eigenvalue weighted by atomic mass is 10.2. The lowest BCUT2D eigenvalue weighted by molar-refractivity contribution is 0.141. The van der Waals surface area contributed by atoms with Crippen molar-refractivity contribution in [2.24, 2.45) is 0 Å². The van der Waals surface area contributed by atoms with E-state index in [0.717, 1.165) is 5.82 Å². The highest BCUT2D eigenvalue weighted by Crippen LogP contribution is 2.16. The second kappa shape index (κ2) is 2.60. The molecule has 1 aromatic heterocycles. The smallest absolute Gasteiger partial charge is 0.147 e. The summed E-state index contributed by atoms with van der Waals surface area (Å²) in [5.74, 6) is 1.19. The van der Waals surface area contributed by atoms with Gasteiger partial charge in [0.05, 0.1) is 18.5 Å². The fourth-order valence-corrected chi connectivity index (χ4v) is 1.14. The van der Waals surface area contributed by atoms with Crippen LogP contribution in [-0.2, 0) is 0 Å². The second-order valence-electron chi connectivity index (χ2n) is 2.86. The van der Waals surface area contributed by atoms with Gasteiger partial charge in [0.1, 0.15) is 11.6 Å². The first-order chi connectivity index (χ1) is 5.75. The maximum absolute atomic E-state index is 9.02. The Bertz CT molecular complexity index is 267. The predicted octanol–water partition coefficient (Wildman–Crippen LogP) is -0.760. The first-order valence-corrected chi connectivity index (χ1v) is 3.76. The number of aliphatic hydroxyl groups excluding tert-OH is 1. The third-order valence-electron chi connectivity index (χ3n) is 1.84. The van der Waals surface area contributed by atoms with E-state index in [2.05, 4.69) is 9.97 Å². The largest absolute Gasteiger partial charge is 0.389 e. The average Bonchev–Trinajstić information content (AvgIpc) is 2.01. The molecule has 1 saturated heterocycles. The molecule has 0 aromatic carbocycles. The van der Waals surface area contributed by atoms with Gasteiger partial charge in [0.15, 0.2) is 0 Å². The summed E-state index contributed by atoms with van der Waals surface area (Å²) >= 11 is 0. The van der Waals surface area contributed by atoms with Crippen LogP contribution in [0.2, 0.25) is 0 Å². The molecule has 2 heterocycles. The Kier molecular flexibility index (Phi) is 1.58. The van der Waals surface area contributed by atoms with Crippen LogP contribution < -0.4 is 10.6 Å². The molecule has 5 nitrogen and oxygen atoms in total. The van der Waals surface area contributed by atoms with Gasteiger partial charge in [0.2, 0.25) is 0 Å². The molecule has 5 heteroatoms. The van der Waals surface area contributed by atoms with Crippen LogP contribution in [0.4, 0.5) is 11.6 Å². The van der Waals surface area contributed by atoms with Crippen molar-refractivity contribution in [1.29, 1.82) is 0 Å². The van der Waals surface area contributed by atoms with E-state index in [9.17, 15) is 0 Å². The molecule has 3 N–H and O–H groups in total. The molecule has 1 aromatic rings. The van der Waals surface area contributed by atoms with Crippen LogP contribution in [0.5, 0.6) is 0 Å². The summed E-state index contributed by atoms with van der Waals surface area (Å²) in [6.07, 6.45) is 2.91. The molecule has 0 radical (unpaired) electrons. The Morgan fingerprint density at radius 1 is 1.42 bits per heavy atom. The predicted molar refractivity (Wildman–Crippen MR) is 44.7 cm³/mol. The molecule has 1 aliphatic rings. The van der Waals surface area contributed by atoms with Crippen LogP contribution in [0, 0.1) is 0 Å². The lowest BCUT2D eigenvalue weighted by Crippen LogP contribution is -2.51. The summed E-state index contributed by atoms with van der Waals surface area (Å²) in [6, 6.07) is 0. The van der Waals surface area contributed by atoms with E-state index in [1.54, 1.807) is 6.20 Å². The highest BCUT2D eigenvalue weighted by Gasteiger charge is 2.25. The van der Waals surface area contributed by atoms with E-state index in [-0.39, 0.29) is 6.10 Å². The van der Waals surface area contributed by atoms with E-state index in [4.69, 9.17) is 10.8 Å². The monoisotopic (exact) mass is 166 g/mol. The second-order valence-corrected chi connectivity index (χ2v) is 2.86. The third-order valence-corrected chi connectivity index (χ3v) is 1.84. The van der Waals surface area contributed by atoms with E-state index in [1.165, 1.54) is 6.20 Å². The molecule has 2 rings (SSSR count). The molecule has 1 fully saturated rings. The first kappa shape index (κ1) is 7.30. The fraction of sp³-hybridized carbons (Fsp3) is 0.429. The van der Waals surface area contributed by atoms with E-state index >= 15 is 0 Å². The molecule has 0 atom stereocenters. The zero-order valence-corrected chi connectivity index (χ0v) is 6.51. The maximum atomic E-state index is 9.02. The number of aromatic nitrogens is 2. The number of anilines is 2. The summed E-state index contributed by atoms with van der Waals surface area (Å²) in [5, 5.41) is 9.02. The quantitative estimate of drug-likeness (QED) is 0.573. The number of hydrogen-bond acceptors (Lipinski definition) is 5. The zero-order chi connectivity index (χ0) is 8.55. The Balaban J connectivity index is 2.09. The molecule has 1 aliphatic heterocycles. The van der Waals surface area contributed by atoms with Crippen molar-refractivity contribution in [1.82, 2.24) is 9.97 Å². The minimum Gasteiger partial charge on any atom is -0.389 e. The van der Waals surface area contributed by atoms with Gasteiger partial charge < -0.3 is 15.7 Å². The number of nitrogen functional groups attached to an aromatic ring is 1. The van der Waals surface area contributed by atoms with E-state index in [0.29, 0.717) is 18.9 Å². The van der Waals surface area contributed by atoms with Gasteiger partial charge in [-0.1, -0.05) is 0 Å². The number of rotatable bonds is 1. The van der Waals surface area contributed by atoms with Crippen molar-refractivity contribution in [3.8, 4) is 0 Å². The minimum absolute atomic E-state index is 0.218. The number of β-amino-alcohol motifs (C(OH)–C–C–N with tert-alkyl or cyclic N) is 1. The maximum Gasteiger partial charge on any atom is 0.147 e. The molecule has 0 spiro atoms. The number of nitrogens with two attached hydrogens (primary N) is 1. The molecule has 0 saturated carbocycles. The van der Waals surface area contributed by atoms with Crippen LogP contribution >= 0.6 is 0 Å². The van der Waals surface area contributed by atoms with Gasteiger partial charge in [-0.3, -0.25) is 0 Å². The Labute approximate surface area is 69.9 Å². The van der Waals surface area contributed by atoms with Crippen LogP contribution in [0.1, 0.15) is 0 Å². The summed E-state index contributed by atoms with van der Waals surface area (Å²) in [7, 11) is 0. The van der Waals surface area contributed by atoms with Gasteiger partial charge in [-0.2, -0.15) is 0 Å². The van der Waals surface area contributed by atoms with Crippen molar-refractivity contribution in [2.45, 2.75) is 6.10 Å². The van der Waals surface area contributed by atoms with Crippen LogP contribution in [0.25, 0.3) is 0 Å². The Morgan fingerprint density at radius 3 is 2.67 bits per heavy atom. The summed E-state index contributed by atoms with van der Waals surface area (Å²) in [4.78, 5) is 9.90. The highest BCUT2D eigenvalue weighted by atomic mass is 16.3.